The van der Waals surface area contributed by atoms with Crippen LogP contribution in [0.25, 0.3) is 0 Å². The summed E-state index contributed by atoms with van der Waals surface area (Å²) >= 11 is 0. The van der Waals surface area contributed by atoms with Gasteiger partial charge in [0.1, 0.15) is 18.0 Å². The van der Waals surface area contributed by atoms with Gasteiger partial charge in [-0.3, -0.25) is 9.59 Å². The van der Waals surface area contributed by atoms with Crippen LogP contribution in [0.15, 0.2) is 48.5 Å². The number of amides is 2. The van der Waals surface area contributed by atoms with Crippen LogP contribution >= 0.6 is 0 Å². The highest BCUT2D eigenvalue weighted by atomic mass is 16.6. The molecule has 0 aliphatic carbocycles. The van der Waals surface area contributed by atoms with Gasteiger partial charge >= 0.3 is 12.1 Å². The van der Waals surface area contributed by atoms with Gasteiger partial charge in [0.15, 0.2) is 0 Å². The smallest absolute Gasteiger partial charge is 0.407 e. The van der Waals surface area contributed by atoms with Crippen LogP contribution in [0.4, 0.5) is 10.5 Å². The number of carbonyl (C=O) groups excluding carboxylic acids is 3. The monoisotopic (exact) mass is 468 g/mol. The van der Waals surface area contributed by atoms with Crippen LogP contribution in [0.2, 0.25) is 0 Å². The summed E-state index contributed by atoms with van der Waals surface area (Å²) < 4.78 is 15.8. The number of benzene rings is 2. The first-order valence-electron chi connectivity index (χ1n) is 11.3. The van der Waals surface area contributed by atoms with E-state index in [-0.39, 0.29) is 25.5 Å². The number of rotatable bonds is 8. The first-order chi connectivity index (χ1) is 16.2. The van der Waals surface area contributed by atoms with Gasteiger partial charge in [-0.1, -0.05) is 36.4 Å². The largest absolute Gasteiger partial charge is 0.492 e. The predicted octanol–water partition coefficient (Wildman–Crippen LogP) is 3.86. The minimum Gasteiger partial charge on any atom is -0.492 e. The van der Waals surface area contributed by atoms with Gasteiger partial charge in [-0.05, 0) is 44.4 Å². The number of fused-ring (bicyclic) bond motifs is 1. The van der Waals surface area contributed by atoms with Gasteiger partial charge in [-0.25, -0.2) is 4.79 Å². The van der Waals surface area contributed by atoms with Crippen LogP contribution in [0.5, 0.6) is 5.75 Å². The van der Waals surface area contributed by atoms with Gasteiger partial charge < -0.3 is 24.4 Å². The van der Waals surface area contributed by atoms with E-state index in [0.717, 1.165) is 16.8 Å². The zero-order valence-corrected chi connectivity index (χ0v) is 20.1. The molecule has 34 heavy (non-hydrogen) atoms. The number of hydrogen-bond donors (Lipinski definition) is 1. The molecule has 2 aromatic rings. The standard InChI is InChI=1S/C26H32N2O6/c1-26(2,3)34-25(31)27-12-13-33-21-11-10-19-14-20(15-23(29)32-4)24(30)28(22(19)16-21)17-18-8-6-5-7-9-18/h5-11,16,20H,12-15,17H2,1-4H3,(H,27,31). The van der Waals surface area contributed by atoms with Crippen molar-refractivity contribution in [3.63, 3.8) is 0 Å². The Hall–Kier alpha value is -3.55. The number of ether oxygens (including phenoxy) is 3. The summed E-state index contributed by atoms with van der Waals surface area (Å²) in [6.45, 7) is 6.31. The lowest BCUT2D eigenvalue weighted by molar-refractivity contribution is -0.143. The molecule has 0 saturated heterocycles. The molecule has 0 fully saturated rings. The Morgan fingerprint density at radius 1 is 1.12 bits per heavy atom. The van der Waals surface area contributed by atoms with Crippen molar-refractivity contribution in [3.05, 3.63) is 59.7 Å². The molecule has 0 radical (unpaired) electrons. The highest BCUT2D eigenvalue weighted by Crippen LogP contribution is 2.36. The summed E-state index contributed by atoms with van der Waals surface area (Å²) in [4.78, 5) is 38.7. The molecule has 1 atom stereocenters. The molecule has 8 heteroatoms. The van der Waals surface area contributed by atoms with Gasteiger partial charge in [0.2, 0.25) is 5.91 Å². The Morgan fingerprint density at radius 2 is 1.85 bits per heavy atom. The number of hydrogen-bond acceptors (Lipinski definition) is 6. The van der Waals surface area contributed by atoms with E-state index in [4.69, 9.17) is 14.2 Å². The summed E-state index contributed by atoms with van der Waals surface area (Å²) in [5.74, 6) is -0.417. The van der Waals surface area contributed by atoms with Gasteiger partial charge in [-0.2, -0.15) is 0 Å². The van der Waals surface area contributed by atoms with Crippen LogP contribution < -0.4 is 15.0 Å². The Bertz CT molecular complexity index is 1020. The summed E-state index contributed by atoms with van der Waals surface area (Å²) in [6, 6.07) is 15.3. The Morgan fingerprint density at radius 3 is 2.53 bits per heavy atom. The summed E-state index contributed by atoms with van der Waals surface area (Å²) in [5, 5.41) is 2.66. The average molecular weight is 469 g/mol. The molecule has 0 aromatic heterocycles. The van der Waals surface area contributed by atoms with E-state index >= 15 is 0 Å². The van der Waals surface area contributed by atoms with Crippen molar-refractivity contribution in [1.82, 2.24) is 5.32 Å². The quantitative estimate of drug-likeness (QED) is 0.467. The number of methoxy groups -OCH3 is 1. The van der Waals surface area contributed by atoms with E-state index in [1.165, 1.54) is 7.11 Å². The highest BCUT2D eigenvalue weighted by Gasteiger charge is 2.34. The molecule has 0 saturated carbocycles. The van der Waals surface area contributed by atoms with E-state index in [0.29, 0.717) is 18.7 Å². The maximum Gasteiger partial charge on any atom is 0.407 e. The number of nitrogens with zero attached hydrogens (tertiary/aromatic N) is 1. The third-order valence-corrected chi connectivity index (χ3v) is 5.29. The van der Waals surface area contributed by atoms with Gasteiger partial charge in [-0.15, -0.1) is 0 Å². The van der Waals surface area contributed by atoms with Crippen LogP contribution in [-0.4, -0.2) is 43.8 Å². The van der Waals surface area contributed by atoms with Crippen LogP contribution in [0.3, 0.4) is 0 Å². The van der Waals surface area contributed by atoms with E-state index in [9.17, 15) is 14.4 Å². The fraction of sp³-hybridized carbons (Fsp3) is 0.423. The van der Waals surface area contributed by atoms with E-state index in [1.807, 2.05) is 48.5 Å². The molecule has 1 N–H and O–H groups in total. The summed E-state index contributed by atoms with van der Waals surface area (Å²) in [5.41, 5.74) is 2.13. The second kappa shape index (κ2) is 11.0. The summed E-state index contributed by atoms with van der Waals surface area (Å²) in [6.07, 6.45) is -0.0123. The van der Waals surface area contributed by atoms with Gasteiger partial charge in [0, 0.05) is 6.07 Å². The number of carbonyl (C=O) groups is 3. The molecule has 1 heterocycles. The van der Waals surface area contributed by atoms with Gasteiger partial charge in [0.25, 0.3) is 0 Å². The number of nitrogens with one attached hydrogen (secondary N) is 1. The van der Waals surface area contributed by atoms with E-state index < -0.39 is 23.6 Å². The SMILES string of the molecule is COC(=O)CC1Cc2ccc(OCCNC(=O)OC(C)(C)C)cc2N(Cc2ccccc2)C1=O. The fourth-order valence-electron chi connectivity index (χ4n) is 3.76. The molecule has 1 aliphatic heterocycles. The molecule has 1 unspecified atom stereocenters. The molecule has 3 rings (SSSR count). The van der Waals surface area contributed by atoms with Crippen molar-refractivity contribution >= 4 is 23.7 Å². The fourth-order valence-corrected chi connectivity index (χ4v) is 3.76. The van der Waals surface area contributed by atoms with Crippen molar-refractivity contribution in [2.45, 2.75) is 45.8 Å². The predicted molar refractivity (Wildman–Crippen MR) is 128 cm³/mol. The number of alkyl carbamates (subject to hydrolysis) is 1. The third kappa shape index (κ3) is 6.97. The molecule has 2 aromatic carbocycles. The Kier molecular flexibility index (Phi) is 8.15. The second-order valence-corrected chi connectivity index (χ2v) is 9.16. The van der Waals surface area contributed by atoms with Crippen LogP contribution in [0.1, 0.15) is 38.3 Å². The second-order valence-electron chi connectivity index (χ2n) is 9.16. The van der Waals surface area contributed by atoms with Crippen molar-refractivity contribution in [2.75, 3.05) is 25.2 Å². The maximum absolute atomic E-state index is 13.3. The van der Waals surface area contributed by atoms with Crippen molar-refractivity contribution < 1.29 is 28.6 Å². The number of anilines is 1. The molecule has 0 bridgehead atoms. The number of esters is 1. The zero-order chi connectivity index (χ0) is 24.7. The third-order valence-electron chi connectivity index (χ3n) is 5.29. The van der Waals surface area contributed by atoms with Gasteiger partial charge in [0.05, 0.1) is 38.2 Å². The summed E-state index contributed by atoms with van der Waals surface area (Å²) in [7, 11) is 1.33. The van der Waals surface area contributed by atoms with Crippen LogP contribution in [-0.2, 0) is 32.0 Å². The highest BCUT2D eigenvalue weighted by molar-refractivity contribution is 5.99. The lowest BCUT2D eigenvalue weighted by Gasteiger charge is -2.34. The van der Waals surface area contributed by atoms with Crippen molar-refractivity contribution in [3.8, 4) is 5.75 Å². The first kappa shape index (κ1) is 25.1. The molecule has 2 amide bonds. The molecule has 182 valence electrons. The zero-order valence-electron chi connectivity index (χ0n) is 20.1. The van der Waals surface area contributed by atoms with Crippen LogP contribution in [0, 0.1) is 5.92 Å². The molecule has 1 aliphatic rings. The minimum atomic E-state index is -0.566. The normalized spacial score (nSPS) is 15.4. The lowest BCUT2D eigenvalue weighted by Crippen LogP contribution is -2.41. The molecular weight excluding hydrogens is 436 g/mol. The molecule has 8 nitrogen and oxygen atoms in total. The van der Waals surface area contributed by atoms with E-state index in [2.05, 4.69) is 5.32 Å². The van der Waals surface area contributed by atoms with E-state index in [1.54, 1.807) is 25.7 Å². The minimum absolute atomic E-state index is 0.0364. The first-order valence-corrected chi connectivity index (χ1v) is 11.3. The van der Waals surface area contributed by atoms with Crippen molar-refractivity contribution in [2.24, 2.45) is 5.92 Å². The lowest BCUT2D eigenvalue weighted by atomic mass is 9.89. The maximum atomic E-state index is 13.3. The topological polar surface area (TPSA) is 94.2 Å². The Labute approximate surface area is 200 Å². The van der Waals surface area contributed by atoms with Crippen molar-refractivity contribution in [1.29, 1.82) is 0 Å². The molecule has 0 spiro atoms. The Balaban J connectivity index is 1.72. The average Bonchev–Trinajstić information content (AvgIpc) is 2.79. The molecular formula is C26H32N2O6.